The molecule has 0 saturated carbocycles. The third-order valence-corrected chi connectivity index (χ3v) is 5.67. The molecule has 0 atom stereocenters. The van der Waals surface area contributed by atoms with Crippen LogP contribution in [0.5, 0.6) is 5.75 Å². The van der Waals surface area contributed by atoms with Crippen LogP contribution in [0.15, 0.2) is 52.9 Å². The smallest absolute Gasteiger partial charge is 0.234 e. The summed E-state index contributed by atoms with van der Waals surface area (Å²) in [4.78, 5) is 12.2. The van der Waals surface area contributed by atoms with Crippen molar-refractivity contribution in [2.75, 3.05) is 18.2 Å². The van der Waals surface area contributed by atoms with Crippen molar-refractivity contribution in [3.05, 3.63) is 58.3 Å². The number of carbonyl (C=O) groups excluding carboxylic acids is 1. The summed E-state index contributed by atoms with van der Waals surface area (Å²) in [6.07, 6.45) is 0. The van der Waals surface area contributed by atoms with Gasteiger partial charge in [0.2, 0.25) is 5.91 Å². The highest BCUT2D eigenvalue weighted by Gasteiger charge is 2.11. The number of hydrogen-bond donors (Lipinski definition) is 1. The lowest BCUT2D eigenvalue weighted by Gasteiger charge is -2.09. The predicted molar refractivity (Wildman–Crippen MR) is 105 cm³/mol. The van der Waals surface area contributed by atoms with Gasteiger partial charge < -0.3 is 10.1 Å². The first-order valence-corrected chi connectivity index (χ1v) is 9.69. The fourth-order valence-electron chi connectivity index (χ4n) is 2.13. The van der Waals surface area contributed by atoms with Crippen molar-refractivity contribution in [3.63, 3.8) is 0 Å². The Labute approximate surface area is 162 Å². The molecule has 26 heavy (non-hydrogen) atoms. The van der Waals surface area contributed by atoms with Gasteiger partial charge in [-0.15, -0.1) is 5.10 Å². The van der Waals surface area contributed by atoms with Crippen LogP contribution < -0.4 is 10.1 Å². The Balaban J connectivity index is 1.65. The lowest BCUT2D eigenvalue weighted by molar-refractivity contribution is -0.113. The molecule has 0 fully saturated rings. The van der Waals surface area contributed by atoms with Crippen LogP contribution in [-0.2, 0) is 4.79 Å². The topological polar surface area (TPSA) is 56.1 Å². The molecule has 0 aliphatic carbocycles. The van der Waals surface area contributed by atoms with Crippen molar-refractivity contribution in [2.45, 2.75) is 4.34 Å². The fourth-order valence-corrected chi connectivity index (χ4v) is 4.29. The maximum Gasteiger partial charge on any atom is 0.234 e. The molecule has 0 bridgehead atoms. The van der Waals surface area contributed by atoms with Crippen molar-refractivity contribution < 1.29 is 13.9 Å². The SMILES string of the molecule is COc1ccccc1NC(=O)CSc1nn(-c2ccc(F)cc2)c(=S)s1. The molecule has 0 unspecified atom stereocenters. The Morgan fingerprint density at radius 2 is 2.04 bits per heavy atom. The molecule has 0 saturated heterocycles. The second-order valence-electron chi connectivity index (χ2n) is 5.06. The number of aromatic nitrogens is 2. The number of halogens is 1. The molecular weight excluding hydrogens is 393 g/mol. The van der Waals surface area contributed by atoms with E-state index < -0.39 is 0 Å². The molecular formula is C17H14FN3O2S3. The van der Waals surface area contributed by atoms with Crippen LogP contribution in [0.3, 0.4) is 0 Å². The number of methoxy groups -OCH3 is 1. The van der Waals surface area contributed by atoms with Crippen LogP contribution >= 0.6 is 35.3 Å². The number of carbonyl (C=O) groups is 1. The molecule has 134 valence electrons. The third-order valence-electron chi connectivity index (χ3n) is 3.31. The number of para-hydroxylation sites is 2. The van der Waals surface area contributed by atoms with Gasteiger partial charge in [-0.2, -0.15) is 0 Å². The Bertz CT molecular complexity index is 970. The summed E-state index contributed by atoms with van der Waals surface area (Å²) in [5.74, 6) is 0.290. The summed E-state index contributed by atoms with van der Waals surface area (Å²) < 4.78 is 21.0. The van der Waals surface area contributed by atoms with Gasteiger partial charge in [-0.3, -0.25) is 4.79 Å². The molecule has 2 aromatic carbocycles. The van der Waals surface area contributed by atoms with Gasteiger partial charge in [-0.25, -0.2) is 9.07 Å². The summed E-state index contributed by atoms with van der Waals surface area (Å²) in [7, 11) is 1.55. The number of anilines is 1. The average molecular weight is 408 g/mol. The minimum atomic E-state index is -0.321. The quantitative estimate of drug-likeness (QED) is 0.480. The minimum absolute atomic E-state index is 0.172. The number of nitrogens with zero attached hydrogens (tertiary/aromatic N) is 2. The molecule has 0 spiro atoms. The first-order chi connectivity index (χ1) is 12.6. The number of amides is 1. The minimum Gasteiger partial charge on any atom is -0.495 e. The van der Waals surface area contributed by atoms with E-state index in [-0.39, 0.29) is 17.5 Å². The zero-order valence-electron chi connectivity index (χ0n) is 13.6. The summed E-state index contributed by atoms with van der Waals surface area (Å²) in [6.45, 7) is 0. The zero-order chi connectivity index (χ0) is 18.5. The largest absolute Gasteiger partial charge is 0.495 e. The summed E-state index contributed by atoms with van der Waals surface area (Å²) >= 11 is 7.89. The van der Waals surface area contributed by atoms with E-state index in [1.807, 2.05) is 12.1 Å². The Morgan fingerprint density at radius 3 is 2.77 bits per heavy atom. The number of thioether (sulfide) groups is 1. The van der Waals surface area contributed by atoms with Crippen LogP contribution in [0.1, 0.15) is 0 Å². The number of hydrogen-bond acceptors (Lipinski definition) is 6. The van der Waals surface area contributed by atoms with Gasteiger partial charge in [0.1, 0.15) is 11.6 Å². The van der Waals surface area contributed by atoms with Crippen molar-refractivity contribution >= 4 is 46.9 Å². The number of nitrogens with one attached hydrogen (secondary N) is 1. The van der Waals surface area contributed by atoms with Crippen LogP contribution in [0, 0.1) is 9.77 Å². The van der Waals surface area contributed by atoms with E-state index in [9.17, 15) is 9.18 Å². The standard InChI is InChI=1S/C17H14FN3O2S3/c1-23-14-5-3-2-4-13(14)19-15(22)10-25-16-20-21(17(24)26-16)12-8-6-11(18)7-9-12/h2-9H,10H2,1H3,(H,19,22). The number of benzene rings is 2. The van der Waals surface area contributed by atoms with Crippen LogP contribution in [0.25, 0.3) is 5.69 Å². The molecule has 1 aromatic heterocycles. The highest BCUT2D eigenvalue weighted by Crippen LogP contribution is 2.26. The molecule has 0 aliphatic rings. The molecule has 1 amide bonds. The van der Waals surface area contributed by atoms with Gasteiger partial charge in [0, 0.05) is 0 Å². The van der Waals surface area contributed by atoms with Crippen molar-refractivity contribution in [1.29, 1.82) is 0 Å². The normalized spacial score (nSPS) is 10.5. The van der Waals surface area contributed by atoms with Crippen LogP contribution in [0.2, 0.25) is 0 Å². The first-order valence-electron chi connectivity index (χ1n) is 7.48. The van der Waals surface area contributed by atoms with Gasteiger partial charge in [-0.1, -0.05) is 35.2 Å². The molecule has 3 rings (SSSR count). The van der Waals surface area contributed by atoms with E-state index in [0.717, 1.165) is 0 Å². The highest BCUT2D eigenvalue weighted by molar-refractivity contribution is 8.01. The van der Waals surface area contributed by atoms with E-state index >= 15 is 0 Å². The van der Waals surface area contributed by atoms with E-state index in [4.69, 9.17) is 17.0 Å². The summed E-state index contributed by atoms with van der Waals surface area (Å²) in [5.41, 5.74) is 1.29. The Kier molecular flexibility index (Phi) is 6.02. The van der Waals surface area contributed by atoms with Gasteiger partial charge >= 0.3 is 0 Å². The van der Waals surface area contributed by atoms with Crippen LogP contribution in [0.4, 0.5) is 10.1 Å². The second kappa shape index (κ2) is 8.43. The number of ether oxygens (including phenoxy) is 1. The van der Waals surface area contributed by atoms with Gasteiger partial charge in [0.15, 0.2) is 8.29 Å². The summed E-state index contributed by atoms with van der Waals surface area (Å²) in [5, 5.41) is 7.20. The lowest BCUT2D eigenvalue weighted by Crippen LogP contribution is -2.14. The van der Waals surface area contributed by atoms with Gasteiger partial charge in [-0.05, 0) is 48.6 Å². The monoisotopic (exact) mass is 407 g/mol. The molecule has 0 aliphatic heterocycles. The molecule has 9 heteroatoms. The Morgan fingerprint density at radius 1 is 1.31 bits per heavy atom. The third kappa shape index (κ3) is 4.48. The maximum atomic E-state index is 13.0. The first kappa shape index (κ1) is 18.6. The van der Waals surface area contributed by atoms with Crippen molar-refractivity contribution in [1.82, 2.24) is 9.78 Å². The van der Waals surface area contributed by atoms with Crippen molar-refractivity contribution in [2.24, 2.45) is 0 Å². The average Bonchev–Trinajstić information content (AvgIpc) is 3.02. The van der Waals surface area contributed by atoms with E-state index in [1.165, 1.54) is 35.2 Å². The Hall–Kier alpha value is -2.23. The summed E-state index contributed by atoms with van der Waals surface area (Å²) in [6, 6.07) is 13.1. The van der Waals surface area contributed by atoms with Gasteiger partial charge in [0.25, 0.3) is 0 Å². The molecule has 1 heterocycles. The molecule has 1 N–H and O–H groups in total. The maximum absolute atomic E-state index is 13.0. The lowest BCUT2D eigenvalue weighted by atomic mass is 10.3. The molecule has 3 aromatic rings. The van der Waals surface area contributed by atoms with Gasteiger partial charge in [0.05, 0.1) is 24.2 Å². The molecule has 5 nitrogen and oxygen atoms in total. The van der Waals surface area contributed by atoms with E-state index in [1.54, 1.807) is 36.1 Å². The van der Waals surface area contributed by atoms with E-state index in [2.05, 4.69) is 10.4 Å². The number of rotatable bonds is 6. The van der Waals surface area contributed by atoms with Crippen LogP contribution in [-0.4, -0.2) is 28.6 Å². The predicted octanol–water partition coefficient (Wildman–Crippen LogP) is 4.54. The zero-order valence-corrected chi connectivity index (χ0v) is 16.1. The highest BCUT2D eigenvalue weighted by atomic mass is 32.2. The van der Waals surface area contributed by atoms with E-state index in [0.29, 0.717) is 25.4 Å². The second-order valence-corrected chi connectivity index (χ2v) is 7.90. The van der Waals surface area contributed by atoms with Crippen molar-refractivity contribution in [3.8, 4) is 11.4 Å². The molecule has 0 radical (unpaired) electrons. The fraction of sp³-hybridized carbons (Fsp3) is 0.118.